The summed E-state index contributed by atoms with van der Waals surface area (Å²) in [6.07, 6.45) is 1.64. The van der Waals surface area contributed by atoms with Crippen molar-refractivity contribution in [1.29, 1.82) is 0 Å². The smallest absolute Gasteiger partial charge is 0.277 e. The summed E-state index contributed by atoms with van der Waals surface area (Å²) in [4.78, 5) is 12.1. The highest BCUT2D eigenvalue weighted by Gasteiger charge is 2.07. The fourth-order valence-corrected chi connectivity index (χ4v) is 3.63. The largest absolute Gasteiger partial charge is 0.483 e. The number of fused-ring (bicyclic) bond motifs is 1. The van der Waals surface area contributed by atoms with Gasteiger partial charge in [0.15, 0.2) is 6.61 Å². The van der Waals surface area contributed by atoms with Crippen LogP contribution in [0, 0.1) is 0 Å². The molecule has 0 saturated carbocycles. The van der Waals surface area contributed by atoms with Gasteiger partial charge in [0.2, 0.25) is 0 Å². The van der Waals surface area contributed by atoms with E-state index in [1.807, 2.05) is 91.0 Å². The van der Waals surface area contributed by atoms with Gasteiger partial charge < -0.3 is 4.74 Å². The number of halogens is 1. The van der Waals surface area contributed by atoms with Crippen LogP contribution in [0.4, 0.5) is 0 Å². The maximum absolute atomic E-state index is 12.1. The first-order chi connectivity index (χ1) is 14.7. The third-order valence-electron chi connectivity index (χ3n) is 4.61. The Hall–Kier alpha value is -3.44. The van der Waals surface area contributed by atoms with Gasteiger partial charge in [-0.25, -0.2) is 5.43 Å². The van der Waals surface area contributed by atoms with Gasteiger partial charge in [0.1, 0.15) is 5.75 Å². The zero-order chi connectivity index (χ0) is 20.8. The molecule has 30 heavy (non-hydrogen) atoms. The molecule has 0 aromatic heterocycles. The van der Waals surface area contributed by atoms with Crippen molar-refractivity contribution in [2.75, 3.05) is 6.61 Å². The monoisotopic (exact) mass is 458 g/mol. The standard InChI is InChI=1S/C25H19BrN2O2/c26-23-15-20(18-7-2-1-3-8-18)13-14-24(23)30-17-25(29)28-27-16-21-11-6-10-19-9-4-5-12-22(19)21/h1-16H,17H2,(H,28,29)/b27-16+. The van der Waals surface area contributed by atoms with Crippen molar-refractivity contribution >= 4 is 38.8 Å². The maximum Gasteiger partial charge on any atom is 0.277 e. The molecule has 0 aliphatic heterocycles. The number of hydrogen-bond donors (Lipinski definition) is 1. The predicted molar refractivity (Wildman–Crippen MR) is 125 cm³/mol. The van der Waals surface area contributed by atoms with Gasteiger partial charge in [-0.15, -0.1) is 0 Å². The molecule has 148 valence electrons. The average Bonchev–Trinajstić information content (AvgIpc) is 2.79. The Kier molecular flexibility index (Phi) is 6.20. The third-order valence-corrected chi connectivity index (χ3v) is 5.23. The second-order valence-electron chi connectivity index (χ2n) is 6.66. The van der Waals surface area contributed by atoms with Gasteiger partial charge in [-0.05, 0) is 50.0 Å². The van der Waals surface area contributed by atoms with E-state index >= 15 is 0 Å². The minimum Gasteiger partial charge on any atom is -0.483 e. The summed E-state index contributed by atoms with van der Waals surface area (Å²) >= 11 is 3.51. The van der Waals surface area contributed by atoms with E-state index in [0.29, 0.717) is 5.75 Å². The molecule has 1 amide bonds. The lowest BCUT2D eigenvalue weighted by atomic mass is 10.1. The Bertz CT molecular complexity index is 1200. The van der Waals surface area contributed by atoms with Crippen LogP contribution < -0.4 is 10.2 Å². The Morgan fingerprint density at radius 3 is 2.50 bits per heavy atom. The topological polar surface area (TPSA) is 50.7 Å². The minimum absolute atomic E-state index is 0.129. The lowest BCUT2D eigenvalue weighted by Gasteiger charge is -2.09. The molecule has 4 rings (SSSR count). The second-order valence-corrected chi connectivity index (χ2v) is 7.52. The first-order valence-electron chi connectivity index (χ1n) is 9.48. The molecule has 0 bridgehead atoms. The minimum atomic E-state index is -0.328. The summed E-state index contributed by atoms with van der Waals surface area (Å²) in [7, 11) is 0. The Morgan fingerprint density at radius 1 is 0.900 bits per heavy atom. The number of hydrogen-bond acceptors (Lipinski definition) is 3. The highest BCUT2D eigenvalue weighted by molar-refractivity contribution is 9.10. The van der Waals surface area contributed by atoms with E-state index in [4.69, 9.17) is 4.74 Å². The molecule has 1 N–H and O–H groups in total. The molecule has 0 atom stereocenters. The van der Waals surface area contributed by atoms with Crippen LogP contribution in [0.2, 0.25) is 0 Å². The highest BCUT2D eigenvalue weighted by atomic mass is 79.9. The molecule has 0 fully saturated rings. The summed E-state index contributed by atoms with van der Waals surface area (Å²) in [5.41, 5.74) is 5.64. The van der Waals surface area contributed by atoms with Crippen molar-refractivity contribution in [1.82, 2.24) is 5.43 Å². The average molecular weight is 459 g/mol. The maximum atomic E-state index is 12.1. The van der Waals surface area contributed by atoms with Crippen molar-refractivity contribution in [3.8, 4) is 16.9 Å². The zero-order valence-electron chi connectivity index (χ0n) is 16.1. The molecular formula is C25H19BrN2O2. The Morgan fingerprint density at radius 2 is 1.67 bits per heavy atom. The second kappa shape index (κ2) is 9.37. The molecule has 0 aliphatic carbocycles. The van der Waals surface area contributed by atoms with E-state index < -0.39 is 0 Å². The highest BCUT2D eigenvalue weighted by Crippen LogP contribution is 2.30. The van der Waals surface area contributed by atoms with E-state index in [0.717, 1.165) is 31.9 Å². The van der Waals surface area contributed by atoms with Crippen LogP contribution in [0.3, 0.4) is 0 Å². The summed E-state index contributed by atoms with van der Waals surface area (Å²) in [5, 5.41) is 6.27. The van der Waals surface area contributed by atoms with E-state index in [-0.39, 0.29) is 12.5 Å². The van der Waals surface area contributed by atoms with Crippen LogP contribution in [-0.4, -0.2) is 18.7 Å². The summed E-state index contributed by atoms with van der Waals surface area (Å²) in [5.74, 6) is 0.272. The number of nitrogens with one attached hydrogen (secondary N) is 1. The fourth-order valence-electron chi connectivity index (χ4n) is 3.14. The van der Waals surface area contributed by atoms with Crippen molar-refractivity contribution in [2.24, 2.45) is 5.10 Å². The molecule has 0 unspecified atom stereocenters. The van der Waals surface area contributed by atoms with Crippen molar-refractivity contribution in [2.45, 2.75) is 0 Å². The first-order valence-corrected chi connectivity index (χ1v) is 10.3. The molecule has 0 radical (unpaired) electrons. The van der Waals surface area contributed by atoms with Crippen molar-refractivity contribution in [3.63, 3.8) is 0 Å². The van der Waals surface area contributed by atoms with Crippen LogP contribution >= 0.6 is 15.9 Å². The van der Waals surface area contributed by atoms with Gasteiger partial charge in [-0.2, -0.15) is 5.10 Å². The number of amides is 1. The van der Waals surface area contributed by atoms with Gasteiger partial charge in [0.05, 0.1) is 10.7 Å². The Balaban J connectivity index is 1.35. The summed E-state index contributed by atoms with van der Waals surface area (Å²) in [6.45, 7) is -0.129. The van der Waals surface area contributed by atoms with Gasteiger partial charge in [-0.1, -0.05) is 78.9 Å². The van der Waals surface area contributed by atoms with Crippen molar-refractivity contribution in [3.05, 3.63) is 101 Å². The number of rotatable bonds is 6. The molecule has 4 aromatic rings. The van der Waals surface area contributed by atoms with E-state index in [1.165, 1.54) is 0 Å². The van der Waals surface area contributed by atoms with Crippen LogP contribution in [0.1, 0.15) is 5.56 Å². The lowest BCUT2D eigenvalue weighted by Crippen LogP contribution is -2.24. The van der Waals surface area contributed by atoms with E-state index in [2.05, 4.69) is 26.5 Å². The quantitative estimate of drug-likeness (QED) is 0.293. The normalized spacial score (nSPS) is 11.0. The molecule has 4 aromatic carbocycles. The fraction of sp³-hybridized carbons (Fsp3) is 0.0400. The number of nitrogens with zero attached hydrogens (tertiary/aromatic N) is 1. The lowest BCUT2D eigenvalue weighted by molar-refractivity contribution is -0.123. The summed E-state index contributed by atoms with van der Waals surface area (Å²) < 4.78 is 6.42. The SMILES string of the molecule is O=C(COc1ccc(-c2ccccc2)cc1Br)N/N=C/c1cccc2ccccc12. The van der Waals surface area contributed by atoms with Crippen LogP contribution in [0.25, 0.3) is 21.9 Å². The van der Waals surface area contributed by atoms with Gasteiger partial charge >= 0.3 is 0 Å². The molecular weight excluding hydrogens is 440 g/mol. The number of ether oxygens (including phenoxy) is 1. The molecule has 0 saturated heterocycles. The molecule has 0 spiro atoms. The van der Waals surface area contributed by atoms with Crippen LogP contribution in [0.5, 0.6) is 5.75 Å². The Labute approximate surface area is 183 Å². The third kappa shape index (κ3) is 4.75. The van der Waals surface area contributed by atoms with Crippen molar-refractivity contribution < 1.29 is 9.53 Å². The predicted octanol–water partition coefficient (Wildman–Crippen LogP) is 5.80. The van der Waals surface area contributed by atoms with Gasteiger partial charge in [-0.3, -0.25) is 4.79 Å². The molecule has 0 aliphatic rings. The number of carbonyl (C=O) groups excluding carboxylic acids is 1. The van der Waals surface area contributed by atoms with Crippen LogP contribution in [-0.2, 0) is 4.79 Å². The zero-order valence-corrected chi connectivity index (χ0v) is 17.7. The van der Waals surface area contributed by atoms with Gasteiger partial charge in [0, 0.05) is 5.56 Å². The molecule has 4 nitrogen and oxygen atoms in total. The first kappa shape index (κ1) is 19.9. The van der Waals surface area contributed by atoms with Gasteiger partial charge in [0.25, 0.3) is 5.91 Å². The van der Waals surface area contributed by atoms with Crippen LogP contribution in [0.15, 0.2) is 101 Å². The van der Waals surface area contributed by atoms with E-state index in [9.17, 15) is 4.79 Å². The number of benzene rings is 4. The van der Waals surface area contributed by atoms with E-state index in [1.54, 1.807) is 6.21 Å². The molecule has 5 heteroatoms. The number of hydrazone groups is 1. The number of carbonyl (C=O) groups is 1. The molecule has 0 heterocycles. The summed E-state index contributed by atoms with van der Waals surface area (Å²) in [6, 6.07) is 29.9.